The van der Waals surface area contributed by atoms with E-state index in [2.05, 4.69) is 15.0 Å². The maximum Gasteiger partial charge on any atom is 0.306 e. The minimum absolute atomic E-state index is 0.0469. The highest BCUT2D eigenvalue weighted by molar-refractivity contribution is 5.94. The number of nitrogens with one attached hydrogen (secondary N) is 1. The zero-order valence-electron chi connectivity index (χ0n) is 13.2. The summed E-state index contributed by atoms with van der Waals surface area (Å²) < 4.78 is 4.53. The molecule has 124 valence electrons. The molecule has 1 aromatic heterocycles. The van der Waals surface area contributed by atoms with Crippen molar-refractivity contribution < 1.29 is 19.1 Å². The molecule has 0 aromatic carbocycles. The molecule has 0 atom stereocenters. The lowest BCUT2D eigenvalue weighted by Crippen LogP contribution is -2.46. The monoisotopic (exact) mass is 319 g/mol. The first-order chi connectivity index (χ1) is 11.1. The van der Waals surface area contributed by atoms with Crippen molar-refractivity contribution in [3.05, 3.63) is 30.1 Å². The number of carbonyl (C=O) groups excluding carboxylic acids is 3. The Bertz CT molecular complexity index is 554. The number of carbonyl (C=O) groups is 3. The summed E-state index contributed by atoms with van der Waals surface area (Å²) in [4.78, 5) is 40.7. The van der Waals surface area contributed by atoms with E-state index in [1.165, 1.54) is 7.11 Å². The number of methoxy groups -OCH3 is 1. The average Bonchev–Trinajstić information content (AvgIpc) is 2.60. The van der Waals surface area contributed by atoms with Crippen LogP contribution in [0.1, 0.15) is 36.0 Å². The van der Waals surface area contributed by atoms with Crippen LogP contribution in [0.2, 0.25) is 0 Å². The highest BCUT2D eigenvalue weighted by atomic mass is 16.5. The Morgan fingerprint density at radius 2 is 1.87 bits per heavy atom. The SMILES string of the molecule is COC(=O)CCC(=O)N1CCC(NC(=O)c2ccncc2)CC1. The molecule has 0 radical (unpaired) electrons. The van der Waals surface area contributed by atoms with Gasteiger partial charge in [0.1, 0.15) is 0 Å². The Balaban J connectivity index is 1.74. The summed E-state index contributed by atoms with van der Waals surface area (Å²) in [7, 11) is 1.31. The van der Waals surface area contributed by atoms with Gasteiger partial charge < -0.3 is 15.0 Å². The average molecular weight is 319 g/mol. The summed E-state index contributed by atoms with van der Waals surface area (Å²) in [6.07, 6.45) is 4.85. The minimum Gasteiger partial charge on any atom is -0.469 e. The van der Waals surface area contributed by atoms with Gasteiger partial charge in [-0.25, -0.2) is 0 Å². The molecule has 1 N–H and O–H groups in total. The maximum atomic E-state index is 12.1. The molecule has 0 unspecified atom stereocenters. The fourth-order valence-corrected chi connectivity index (χ4v) is 2.51. The summed E-state index contributed by atoms with van der Waals surface area (Å²) in [5.74, 6) is -0.546. The number of aromatic nitrogens is 1. The van der Waals surface area contributed by atoms with Crippen LogP contribution in [-0.2, 0) is 14.3 Å². The lowest BCUT2D eigenvalue weighted by atomic mass is 10.0. The Morgan fingerprint density at radius 1 is 1.22 bits per heavy atom. The van der Waals surface area contributed by atoms with E-state index in [4.69, 9.17) is 0 Å². The van der Waals surface area contributed by atoms with Gasteiger partial charge >= 0.3 is 5.97 Å². The molecule has 2 rings (SSSR count). The molecule has 23 heavy (non-hydrogen) atoms. The molecule has 0 bridgehead atoms. The Labute approximate surface area is 135 Å². The molecule has 1 saturated heterocycles. The minimum atomic E-state index is -0.377. The van der Waals surface area contributed by atoms with E-state index >= 15 is 0 Å². The quantitative estimate of drug-likeness (QED) is 0.809. The highest BCUT2D eigenvalue weighted by Gasteiger charge is 2.24. The van der Waals surface area contributed by atoms with Gasteiger partial charge in [0.25, 0.3) is 5.91 Å². The van der Waals surface area contributed by atoms with Crippen molar-refractivity contribution in [2.75, 3.05) is 20.2 Å². The number of nitrogens with zero attached hydrogens (tertiary/aromatic N) is 2. The molecular formula is C16H21N3O4. The first-order valence-electron chi connectivity index (χ1n) is 7.65. The van der Waals surface area contributed by atoms with Crippen LogP contribution in [0.15, 0.2) is 24.5 Å². The van der Waals surface area contributed by atoms with Crippen LogP contribution in [0.3, 0.4) is 0 Å². The first kappa shape index (κ1) is 16.9. The van der Waals surface area contributed by atoms with Gasteiger partial charge in [0.15, 0.2) is 0 Å². The van der Waals surface area contributed by atoms with Crippen LogP contribution in [0.4, 0.5) is 0 Å². The van der Waals surface area contributed by atoms with Crippen molar-refractivity contribution in [2.24, 2.45) is 0 Å². The second-order valence-corrected chi connectivity index (χ2v) is 5.44. The lowest BCUT2D eigenvalue weighted by Gasteiger charge is -2.32. The molecule has 2 amide bonds. The van der Waals surface area contributed by atoms with Gasteiger partial charge in [0.05, 0.1) is 13.5 Å². The third kappa shape index (κ3) is 5.05. The molecule has 7 heteroatoms. The van der Waals surface area contributed by atoms with Crippen molar-refractivity contribution in [3.63, 3.8) is 0 Å². The van der Waals surface area contributed by atoms with E-state index in [1.807, 2.05) is 0 Å². The van der Waals surface area contributed by atoms with Gasteiger partial charge in [-0.2, -0.15) is 0 Å². The maximum absolute atomic E-state index is 12.1. The summed E-state index contributed by atoms with van der Waals surface area (Å²) in [6, 6.07) is 3.39. The first-order valence-corrected chi connectivity index (χ1v) is 7.65. The van der Waals surface area contributed by atoms with Crippen molar-refractivity contribution in [1.82, 2.24) is 15.2 Å². The van der Waals surface area contributed by atoms with E-state index in [0.717, 1.165) is 0 Å². The van der Waals surface area contributed by atoms with E-state index in [-0.39, 0.29) is 36.7 Å². The smallest absolute Gasteiger partial charge is 0.306 e. The number of likely N-dealkylation sites (tertiary alicyclic amines) is 1. The fraction of sp³-hybridized carbons (Fsp3) is 0.500. The summed E-state index contributed by atoms with van der Waals surface area (Å²) in [5.41, 5.74) is 0.580. The van der Waals surface area contributed by atoms with Crippen LogP contribution in [0.25, 0.3) is 0 Å². The number of amides is 2. The molecule has 2 heterocycles. The van der Waals surface area contributed by atoms with Gasteiger partial charge in [-0.1, -0.05) is 0 Å². The third-order valence-corrected chi connectivity index (χ3v) is 3.90. The van der Waals surface area contributed by atoms with Crippen LogP contribution < -0.4 is 5.32 Å². The Morgan fingerprint density at radius 3 is 2.48 bits per heavy atom. The molecule has 1 aromatic rings. The normalized spacial score (nSPS) is 15.1. The molecule has 1 aliphatic heterocycles. The zero-order valence-corrected chi connectivity index (χ0v) is 13.2. The summed E-state index contributed by atoms with van der Waals surface area (Å²) in [6.45, 7) is 1.17. The fourth-order valence-electron chi connectivity index (χ4n) is 2.51. The van der Waals surface area contributed by atoms with Gasteiger partial charge in [0, 0.05) is 43.5 Å². The number of ether oxygens (including phenoxy) is 1. The van der Waals surface area contributed by atoms with Crippen molar-refractivity contribution in [2.45, 2.75) is 31.7 Å². The molecule has 1 aliphatic rings. The Hall–Kier alpha value is -2.44. The summed E-state index contributed by atoms with van der Waals surface area (Å²) in [5, 5.41) is 2.98. The van der Waals surface area contributed by atoms with E-state index in [1.54, 1.807) is 29.4 Å². The van der Waals surface area contributed by atoms with Crippen LogP contribution in [0.5, 0.6) is 0 Å². The zero-order chi connectivity index (χ0) is 16.7. The Kier molecular flexibility index (Phi) is 6.08. The predicted molar refractivity (Wildman–Crippen MR) is 82.6 cm³/mol. The van der Waals surface area contributed by atoms with Crippen molar-refractivity contribution in [3.8, 4) is 0 Å². The number of pyridine rings is 1. The molecule has 0 saturated carbocycles. The highest BCUT2D eigenvalue weighted by Crippen LogP contribution is 2.13. The molecule has 1 fully saturated rings. The number of rotatable bonds is 5. The standard InChI is InChI=1S/C16H21N3O4/c1-23-15(21)3-2-14(20)19-10-6-13(7-11-19)18-16(22)12-4-8-17-9-5-12/h4-5,8-9,13H,2-3,6-7,10-11H2,1H3,(H,18,22). The van der Waals surface area contributed by atoms with E-state index < -0.39 is 0 Å². The third-order valence-electron chi connectivity index (χ3n) is 3.90. The second-order valence-electron chi connectivity index (χ2n) is 5.44. The lowest BCUT2D eigenvalue weighted by molar-refractivity contribution is -0.143. The second kappa shape index (κ2) is 8.26. The molecule has 0 aliphatic carbocycles. The van der Waals surface area contributed by atoms with E-state index in [0.29, 0.717) is 31.5 Å². The largest absolute Gasteiger partial charge is 0.469 e. The van der Waals surface area contributed by atoms with Gasteiger partial charge in [-0.05, 0) is 25.0 Å². The topological polar surface area (TPSA) is 88.6 Å². The van der Waals surface area contributed by atoms with Crippen LogP contribution >= 0.6 is 0 Å². The molecule has 0 spiro atoms. The number of piperidine rings is 1. The van der Waals surface area contributed by atoms with Gasteiger partial charge in [-0.15, -0.1) is 0 Å². The number of esters is 1. The van der Waals surface area contributed by atoms with Crippen LogP contribution in [0, 0.1) is 0 Å². The van der Waals surface area contributed by atoms with Crippen molar-refractivity contribution in [1.29, 1.82) is 0 Å². The van der Waals surface area contributed by atoms with Gasteiger partial charge in [0.2, 0.25) is 5.91 Å². The number of hydrogen-bond donors (Lipinski definition) is 1. The van der Waals surface area contributed by atoms with Crippen molar-refractivity contribution >= 4 is 17.8 Å². The molecular weight excluding hydrogens is 298 g/mol. The van der Waals surface area contributed by atoms with E-state index in [9.17, 15) is 14.4 Å². The predicted octanol–water partition coefficient (Wildman–Crippen LogP) is 0.756. The van der Waals surface area contributed by atoms with Crippen LogP contribution in [-0.4, -0.2) is 53.9 Å². The molecule has 7 nitrogen and oxygen atoms in total. The van der Waals surface area contributed by atoms with Gasteiger partial charge in [-0.3, -0.25) is 19.4 Å². The summed E-state index contributed by atoms with van der Waals surface area (Å²) >= 11 is 0. The number of hydrogen-bond acceptors (Lipinski definition) is 5.